The molecule has 2 aromatic carbocycles. The lowest BCUT2D eigenvalue weighted by Gasteiger charge is -2.30. The Kier molecular flexibility index (Phi) is 6.59. The van der Waals surface area contributed by atoms with Gasteiger partial charge in [-0.15, -0.1) is 0 Å². The third-order valence-corrected chi connectivity index (χ3v) is 7.21. The number of carbonyl (C=O) groups is 4. The van der Waals surface area contributed by atoms with E-state index in [9.17, 15) is 19.2 Å². The van der Waals surface area contributed by atoms with Crippen molar-refractivity contribution in [1.82, 2.24) is 10.0 Å². The van der Waals surface area contributed by atoms with E-state index < -0.39 is 36.1 Å². The topological polar surface area (TPSA) is 74.8 Å². The Balaban J connectivity index is 1.70. The van der Waals surface area contributed by atoms with Gasteiger partial charge in [0.15, 0.2) is 5.78 Å². The molecule has 0 bridgehead atoms. The summed E-state index contributed by atoms with van der Waals surface area (Å²) >= 11 is 12.1. The Hall–Kier alpha value is -2.70. The van der Waals surface area contributed by atoms with Crippen LogP contribution in [0.25, 0.3) is 0 Å². The van der Waals surface area contributed by atoms with Gasteiger partial charge in [0.25, 0.3) is 17.7 Å². The second-order valence-electron chi connectivity index (χ2n) is 8.90. The van der Waals surface area contributed by atoms with Crippen molar-refractivity contribution in [3.63, 3.8) is 0 Å². The summed E-state index contributed by atoms with van der Waals surface area (Å²) in [6, 6.07) is 11.2. The van der Waals surface area contributed by atoms with Crippen molar-refractivity contribution in [3.8, 4) is 0 Å². The zero-order chi connectivity index (χ0) is 23.9. The maximum atomic E-state index is 13.5. The van der Waals surface area contributed by atoms with Crippen molar-refractivity contribution >= 4 is 46.7 Å². The van der Waals surface area contributed by atoms with Crippen LogP contribution in [0.1, 0.15) is 52.5 Å². The smallest absolute Gasteiger partial charge is 0.273 e. The summed E-state index contributed by atoms with van der Waals surface area (Å²) in [5, 5.41) is 2.29. The highest BCUT2D eigenvalue weighted by atomic mass is 35.5. The molecule has 4 rings (SSSR count). The number of carbonyl (C=O) groups excluding carboxylic acids is 4. The molecule has 1 aliphatic heterocycles. The van der Waals surface area contributed by atoms with Gasteiger partial charge < -0.3 is 0 Å². The Morgan fingerprint density at radius 3 is 2.24 bits per heavy atom. The van der Waals surface area contributed by atoms with Crippen LogP contribution in [-0.2, 0) is 9.59 Å². The van der Waals surface area contributed by atoms with Crippen molar-refractivity contribution in [2.24, 2.45) is 17.8 Å². The van der Waals surface area contributed by atoms with Gasteiger partial charge in [-0.05, 0) is 50.3 Å². The first kappa shape index (κ1) is 23.5. The number of halogens is 2. The zero-order valence-corrected chi connectivity index (χ0v) is 19.9. The van der Waals surface area contributed by atoms with E-state index in [1.165, 1.54) is 18.2 Å². The number of hydrogen-bond donors (Lipinski definition) is 0. The third kappa shape index (κ3) is 4.55. The monoisotopic (exact) mass is 486 g/mol. The van der Waals surface area contributed by atoms with Crippen molar-refractivity contribution in [2.75, 3.05) is 6.54 Å². The molecule has 2 aromatic rings. The molecule has 1 saturated heterocycles. The summed E-state index contributed by atoms with van der Waals surface area (Å²) in [6.45, 7) is 3.50. The van der Waals surface area contributed by atoms with Gasteiger partial charge in [-0.1, -0.05) is 60.0 Å². The number of ketones is 1. The highest BCUT2D eigenvalue weighted by Gasteiger charge is 2.52. The molecule has 0 aromatic heterocycles. The van der Waals surface area contributed by atoms with Gasteiger partial charge in [0.05, 0.1) is 21.9 Å². The maximum Gasteiger partial charge on any atom is 0.273 e. The molecule has 33 heavy (non-hydrogen) atoms. The Bertz CT molecular complexity index is 1130. The van der Waals surface area contributed by atoms with Crippen LogP contribution < -0.4 is 0 Å². The lowest BCUT2D eigenvalue weighted by molar-refractivity contribution is -0.154. The first-order valence-electron chi connectivity index (χ1n) is 10.9. The molecule has 3 amide bonds. The van der Waals surface area contributed by atoms with Crippen molar-refractivity contribution in [2.45, 2.75) is 33.1 Å². The number of nitrogens with zero attached hydrogens (tertiary/aromatic N) is 2. The van der Waals surface area contributed by atoms with Crippen LogP contribution in [0.4, 0.5) is 0 Å². The van der Waals surface area contributed by atoms with E-state index in [2.05, 4.69) is 6.92 Å². The average Bonchev–Trinajstić information content (AvgIpc) is 3.03. The van der Waals surface area contributed by atoms with Gasteiger partial charge in [-0.3, -0.25) is 19.2 Å². The minimum absolute atomic E-state index is 0.130. The second kappa shape index (κ2) is 9.27. The number of hydrazine groups is 1. The quantitative estimate of drug-likeness (QED) is 0.441. The Labute approximate surface area is 202 Å². The number of hydrogen-bond acceptors (Lipinski definition) is 4. The SMILES string of the molecule is Cc1ccc(C(=O)CN(C(=O)c2ccc(Cl)c(Cl)c2)N2C(=O)[C@H]3C[C@H](C)CC[C@H]3C2=O)cc1. The lowest BCUT2D eigenvalue weighted by atomic mass is 9.76. The van der Waals surface area contributed by atoms with Crippen LogP contribution in [-0.4, -0.2) is 40.1 Å². The van der Waals surface area contributed by atoms with Crippen molar-refractivity contribution < 1.29 is 19.2 Å². The second-order valence-corrected chi connectivity index (χ2v) is 9.71. The molecule has 2 fully saturated rings. The fourth-order valence-corrected chi connectivity index (χ4v) is 4.89. The minimum atomic E-state index is -0.664. The molecule has 0 unspecified atom stereocenters. The summed E-state index contributed by atoms with van der Waals surface area (Å²) in [4.78, 5) is 53.2. The molecule has 1 heterocycles. The van der Waals surface area contributed by atoms with Crippen molar-refractivity contribution in [3.05, 3.63) is 69.2 Å². The largest absolute Gasteiger partial charge is 0.292 e. The summed E-state index contributed by atoms with van der Waals surface area (Å²) in [7, 11) is 0. The summed E-state index contributed by atoms with van der Waals surface area (Å²) in [6.07, 6.45) is 2.02. The zero-order valence-electron chi connectivity index (χ0n) is 18.4. The van der Waals surface area contributed by atoms with Gasteiger partial charge in [0.2, 0.25) is 0 Å². The van der Waals surface area contributed by atoms with Gasteiger partial charge >= 0.3 is 0 Å². The van der Waals surface area contributed by atoms with Crippen LogP contribution >= 0.6 is 23.2 Å². The minimum Gasteiger partial charge on any atom is -0.292 e. The first-order chi connectivity index (χ1) is 15.7. The predicted octanol–water partition coefficient (Wildman–Crippen LogP) is 4.96. The summed E-state index contributed by atoms with van der Waals surface area (Å²) in [5.74, 6) is -2.53. The number of rotatable bonds is 5. The van der Waals surface area contributed by atoms with E-state index in [4.69, 9.17) is 23.2 Å². The number of benzene rings is 2. The predicted molar refractivity (Wildman–Crippen MR) is 125 cm³/mol. The van der Waals surface area contributed by atoms with Crippen LogP contribution in [0.2, 0.25) is 10.0 Å². The number of Topliss-reactive ketones (excluding diaryl/α,β-unsaturated/α-hetero) is 1. The molecule has 3 atom stereocenters. The van der Waals surface area contributed by atoms with Crippen LogP contribution in [0, 0.1) is 24.7 Å². The normalized spacial score (nSPS) is 22.3. The highest BCUT2D eigenvalue weighted by Crippen LogP contribution is 2.41. The molecule has 1 saturated carbocycles. The van der Waals surface area contributed by atoms with Crippen LogP contribution in [0.15, 0.2) is 42.5 Å². The Morgan fingerprint density at radius 1 is 0.939 bits per heavy atom. The van der Waals surface area contributed by atoms with Gasteiger partial charge in [-0.2, -0.15) is 5.01 Å². The molecule has 0 radical (unpaired) electrons. The van der Waals surface area contributed by atoms with Crippen molar-refractivity contribution in [1.29, 1.82) is 0 Å². The summed E-state index contributed by atoms with van der Waals surface area (Å²) < 4.78 is 0. The fraction of sp³-hybridized carbons (Fsp3) is 0.360. The molecule has 8 heteroatoms. The lowest BCUT2D eigenvalue weighted by Crippen LogP contribution is -2.52. The molecule has 6 nitrogen and oxygen atoms in total. The van der Waals surface area contributed by atoms with Gasteiger partial charge in [0.1, 0.15) is 6.54 Å². The molecule has 1 aliphatic carbocycles. The average molecular weight is 487 g/mol. The van der Waals surface area contributed by atoms with E-state index in [0.717, 1.165) is 22.0 Å². The van der Waals surface area contributed by atoms with E-state index in [-0.39, 0.29) is 21.4 Å². The highest BCUT2D eigenvalue weighted by molar-refractivity contribution is 6.42. The number of aryl methyl sites for hydroxylation is 1. The van der Waals surface area contributed by atoms with Crippen LogP contribution in [0.5, 0.6) is 0 Å². The third-order valence-electron chi connectivity index (χ3n) is 6.47. The van der Waals surface area contributed by atoms with Crippen LogP contribution in [0.3, 0.4) is 0 Å². The number of fused-ring (bicyclic) bond motifs is 1. The summed E-state index contributed by atoms with van der Waals surface area (Å²) in [5.41, 5.74) is 1.50. The van der Waals surface area contributed by atoms with Gasteiger partial charge in [-0.25, -0.2) is 5.01 Å². The molecule has 2 aliphatic rings. The van der Waals surface area contributed by atoms with Gasteiger partial charge in [0, 0.05) is 11.1 Å². The standard InChI is InChI=1S/C25H24Cl2N2O4/c1-14-3-6-16(7-4-14)22(30)13-28(23(31)17-8-10-20(26)21(27)12-17)29-24(32)18-9-5-15(2)11-19(18)25(29)33/h3-4,6-8,10,12,15,18-19H,5,9,11,13H2,1-2H3/t15-,18-,19+/m1/s1. The fourth-order valence-electron chi connectivity index (χ4n) is 4.59. The van der Waals surface area contributed by atoms with E-state index in [0.29, 0.717) is 24.3 Å². The molecule has 0 N–H and O–H groups in total. The first-order valence-corrected chi connectivity index (χ1v) is 11.7. The number of amides is 3. The maximum absolute atomic E-state index is 13.5. The Morgan fingerprint density at radius 2 is 1.58 bits per heavy atom. The molecule has 0 spiro atoms. The van der Waals surface area contributed by atoms with E-state index >= 15 is 0 Å². The van der Waals surface area contributed by atoms with E-state index in [1.54, 1.807) is 24.3 Å². The molecular formula is C25H24Cl2N2O4. The molecular weight excluding hydrogens is 463 g/mol. The number of imide groups is 1. The van der Waals surface area contributed by atoms with E-state index in [1.807, 2.05) is 6.92 Å². The molecule has 172 valence electrons.